The normalized spacial score (nSPS) is 14.1. The summed E-state index contributed by atoms with van der Waals surface area (Å²) in [4.78, 5) is 0. The van der Waals surface area contributed by atoms with E-state index in [1.54, 1.807) is 0 Å². The fourth-order valence-electron chi connectivity index (χ4n) is 2.50. The van der Waals surface area contributed by atoms with Crippen LogP contribution in [0.5, 0.6) is 0 Å². The van der Waals surface area contributed by atoms with E-state index in [0.717, 1.165) is 25.7 Å². The zero-order valence-corrected chi connectivity index (χ0v) is 16.2. The Bertz CT molecular complexity index is 269. The molecule has 4 heteroatoms. The van der Waals surface area contributed by atoms with E-state index in [1.807, 2.05) is 6.92 Å². The molecule has 0 aromatic rings. The van der Waals surface area contributed by atoms with Gasteiger partial charge in [-0.2, -0.15) is 0 Å². The van der Waals surface area contributed by atoms with Gasteiger partial charge in [-0.3, -0.25) is 4.57 Å². The average Bonchev–Trinajstić information content (AvgIpc) is 2.50. The van der Waals surface area contributed by atoms with Gasteiger partial charge in [-0.25, -0.2) is 0 Å². The summed E-state index contributed by atoms with van der Waals surface area (Å²) in [6, 6.07) is 0. The van der Waals surface area contributed by atoms with Crippen LogP contribution in [0.4, 0.5) is 0 Å². The van der Waals surface area contributed by atoms with E-state index in [2.05, 4.69) is 13.8 Å². The quantitative estimate of drug-likeness (QED) is 0.213. The molecule has 0 amide bonds. The van der Waals surface area contributed by atoms with Gasteiger partial charge >= 0.3 is 7.60 Å². The number of unbranched alkanes of at least 4 members (excludes halogenated alkanes) is 10. The van der Waals surface area contributed by atoms with Crippen LogP contribution in [-0.2, 0) is 13.6 Å². The van der Waals surface area contributed by atoms with Crippen molar-refractivity contribution in [3.05, 3.63) is 0 Å². The molecule has 1 atom stereocenters. The highest BCUT2D eigenvalue weighted by molar-refractivity contribution is 7.53. The van der Waals surface area contributed by atoms with Crippen molar-refractivity contribution in [2.24, 2.45) is 0 Å². The standard InChI is InChI=1S/C18H39O3P/c1-4-7-9-10-11-12-13-14-15-16-18-22(19,20-6-3)21-17-8-5-2/h4-18H2,1-3H3. The minimum Gasteiger partial charge on any atom is -0.309 e. The first kappa shape index (κ1) is 22.1. The number of rotatable bonds is 17. The van der Waals surface area contributed by atoms with Crippen molar-refractivity contribution in [2.45, 2.75) is 97.8 Å². The fourth-order valence-corrected chi connectivity index (χ4v) is 4.25. The summed E-state index contributed by atoms with van der Waals surface area (Å²) in [5.41, 5.74) is 0. The second kappa shape index (κ2) is 16.0. The van der Waals surface area contributed by atoms with E-state index in [4.69, 9.17) is 9.05 Å². The summed E-state index contributed by atoms with van der Waals surface area (Å²) in [7, 11) is -2.82. The first-order valence-electron chi connectivity index (χ1n) is 9.56. The first-order chi connectivity index (χ1) is 10.7. The topological polar surface area (TPSA) is 35.5 Å². The molecular weight excluding hydrogens is 295 g/mol. The lowest BCUT2D eigenvalue weighted by Gasteiger charge is -2.17. The van der Waals surface area contributed by atoms with Crippen LogP contribution in [0.1, 0.15) is 97.8 Å². The molecule has 0 rings (SSSR count). The molecule has 0 fully saturated rings. The smallest absolute Gasteiger partial charge is 0.309 e. The molecule has 0 spiro atoms. The Morgan fingerprint density at radius 2 is 1.14 bits per heavy atom. The van der Waals surface area contributed by atoms with Gasteiger partial charge in [0.2, 0.25) is 0 Å². The Hall–Kier alpha value is 0.150. The largest absolute Gasteiger partial charge is 0.330 e. The molecular formula is C18H39O3P. The third kappa shape index (κ3) is 13.8. The maximum Gasteiger partial charge on any atom is 0.330 e. The Labute approximate surface area is 139 Å². The predicted octanol–water partition coefficient (Wildman–Crippen LogP) is 6.95. The lowest BCUT2D eigenvalue weighted by Crippen LogP contribution is -2.02. The Morgan fingerprint density at radius 1 is 0.636 bits per heavy atom. The van der Waals surface area contributed by atoms with Gasteiger partial charge in [0.1, 0.15) is 0 Å². The molecule has 0 aliphatic rings. The minimum atomic E-state index is -2.82. The molecule has 0 bridgehead atoms. The van der Waals surface area contributed by atoms with Gasteiger partial charge < -0.3 is 9.05 Å². The molecule has 0 saturated carbocycles. The molecule has 0 aliphatic heterocycles. The van der Waals surface area contributed by atoms with Crippen LogP contribution >= 0.6 is 7.60 Å². The van der Waals surface area contributed by atoms with Crippen molar-refractivity contribution in [1.29, 1.82) is 0 Å². The number of hydrogen-bond acceptors (Lipinski definition) is 3. The molecule has 0 aromatic carbocycles. The maximum absolute atomic E-state index is 12.5. The van der Waals surface area contributed by atoms with E-state index >= 15 is 0 Å². The van der Waals surface area contributed by atoms with Gasteiger partial charge in [0.25, 0.3) is 0 Å². The highest BCUT2D eigenvalue weighted by Gasteiger charge is 2.22. The van der Waals surface area contributed by atoms with Crippen LogP contribution in [0, 0.1) is 0 Å². The minimum absolute atomic E-state index is 0.473. The molecule has 0 radical (unpaired) electrons. The van der Waals surface area contributed by atoms with E-state index < -0.39 is 7.60 Å². The Balaban J connectivity index is 3.57. The lowest BCUT2D eigenvalue weighted by atomic mass is 10.1. The van der Waals surface area contributed by atoms with Gasteiger partial charge in [-0.1, -0.05) is 78.1 Å². The predicted molar refractivity (Wildman–Crippen MR) is 96.8 cm³/mol. The van der Waals surface area contributed by atoms with Crippen molar-refractivity contribution in [3.8, 4) is 0 Å². The van der Waals surface area contributed by atoms with Gasteiger partial charge in [-0.15, -0.1) is 0 Å². The van der Waals surface area contributed by atoms with Crippen molar-refractivity contribution in [2.75, 3.05) is 19.4 Å². The summed E-state index contributed by atoms with van der Waals surface area (Å²) >= 11 is 0. The molecule has 1 unspecified atom stereocenters. The fraction of sp³-hybridized carbons (Fsp3) is 1.00. The van der Waals surface area contributed by atoms with Crippen LogP contribution in [-0.4, -0.2) is 19.4 Å². The zero-order chi connectivity index (χ0) is 16.5. The third-order valence-electron chi connectivity index (χ3n) is 3.90. The summed E-state index contributed by atoms with van der Waals surface area (Å²) in [5.74, 6) is 0. The SMILES string of the molecule is CCCCCCCCCCCCP(=O)(OCC)OCCCC. The maximum atomic E-state index is 12.5. The van der Waals surface area contributed by atoms with Gasteiger partial charge in [0.05, 0.1) is 19.4 Å². The van der Waals surface area contributed by atoms with Crippen LogP contribution in [0.25, 0.3) is 0 Å². The molecule has 134 valence electrons. The number of hydrogen-bond donors (Lipinski definition) is 0. The molecule has 3 nitrogen and oxygen atoms in total. The van der Waals surface area contributed by atoms with Crippen LogP contribution in [0.3, 0.4) is 0 Å². The molecule has 0 N–H and O–H groups in total. The van der Waals surface area contributed by atoms with Crippen molar-refractivity contribution in [3.63, 3.8) is 0 Å². The molecule has 22 heavy (non-hydrogen) atoms. The summed E-state index contributed by atoms with van der Waals surface area (Å²) < 4.78 is 23.4. The third-order valence-corrected chi connectivity index (χ3v) is 5.99. The molecule has 0 saturated heterocycles. The second-order valence-corrected chi connectivity index (χ2v) is 8.31. The summed E-state index contributed by atoms with van der Waals surface area (Å²) in [5, 5.41) is 0. The monoisotopic (exact) mass is 334 g/mol. The van der Waals surface area contributed by atoms with Gasteiger partial charge in [0, 0.05) is 0 Å². The summed E-state index contributed by atoms with van der Waals surface area (Å²) in [6.07, 6.45) is 15.4. The van der Waals surface area contributed by atoms with E-state index in [9.17, 15) is 4.57 Å². The van der Waals surface area contributed by atoms with Crippen LogP contribution < -0.4 is 0 Å². The molecule has 0 aromatic heterocycles. The van der Waals surface area contributed by atoms with Crippen molar-refractivity contribution >= 4 is 7.60 Å². The highest BCUT2D eigenvalue weighted by atomic mass is 31.2. The molecule has 0 heterocycles. The van der Waals surface area contributed by atoms with Crippen molar-refractivity contribution in [1.82, 2.24) is 0 Å². The Morgan fingerprint density at radius 3 is 1.64 bits per heavy atom. The zero-order valence-electron chi connectivity index (χ0n) is 15.3. The van der Waals surface area contributed by atoms with E-state index in [1.165, 1.54) is 51.4 Å². The highest BCUT2D eigenvalue weighted by Crippen LogP contribution is 2.49. The Kier molecular flexibility index (Phi) is 16.1. The summed E-state index contributed by atoms with van der Waals surface area (Å²) in [6.45, 7) is 7.28. The first-order valence-corrected chi connectivity index (χ1v) is 11.3. The average molecular weight is 334 g/mol. The van der Waals surface area contributed by atoms with Gasteiger partial charge in [0.15, 0.2) is 0 Å². The molecule has 0 aliphatic carbocycles. The van der Waals surface area contributed by atoms with Gasteiger partial charge in [-0.05, 0) is 19.8 Å². The van der Waals surface area contributed by atoms with Crippen molar-refractivity contribution < 1.29 is 13.6 Å². The van der Waals surface area contributed by atoms with E-state index in [-0.39, 0.29) is 0 Å². The lowest BCUT2D eigenvalue weighted by molar-refractivity contribution is 0.208. The second-order valence-electron chi connectivity index (χ2n) is 6.12. The van der Waals surface area contributed by atoms with Crippen LogP contribution in [0.15, 0.2) is 0 Å². The van der Waals surface area contributed by atoms with E-state index in [0.29, 0.717) is 19.4 Å². The van der Waals surface area contributed by atoms with Crippen LogP contribution in [0.2, 0.25) is 0 Å².